The van der Waals surface area contributed by atoms with Crippen molar-refractivity contribution < 1.29 is 33.3 Å². The minimum atomic E-state index is -1.34. The highest BCUT2D eigenvalue weighted by atomic mass is 19.1. The van der Waals surface area contributed by atoms with Crippen molar-refractivity contribution >= 4 is 11.8 Å². The number of carbonyl (C=O) groups excluding carboxylic acids is 2. The van der Waals surface area contributed by atoms with E-state index in [4.69, 9.17) is 4.74 Å². The van der Waals surface area contributed by atoms with Crippen LogP contribution in [0.15, 0.2) is 66.7 Å². The molecular formula is C28H25F2NO5. The maximum atomic E-state index is 13.5. The summed E-state index contributed by atoms with van der Waals surface area (Å²) in [5.74, 6) is -2.47. The third-order valence-electron chi connectivity index (χ3n) is 6.95. The normalized spacial score (nSPS) is 23.4. The maximum Gasteiger partial charge on any atom is 0.261 e. The number of hydrogen-bond donors (Lipinski definition) is 2. The van der Waals surface area contributed by atoms with Crippen LogP contribution in [0.25, 0.3) is 11.1 Å². The number of aliphatic hydroxyl groups excluding tert-OH is 2. The molecule has 1 saturated heterocycles. The monoisotopic (exact) mass is 493 g/mol. The van der Waals surface area contributed by atoms with Gasteiger partial charge in [-0.15, -0.1) is 0 Å². The lowest BCUT2D eigenvalue weighted by molar-refractivity contribution is -0.127. The van der Waals surface area contributed by atoms with E-state index in [0.29, 0.717) is 41.5 Å². The minimum absolute atomic E-state index is 0.111. The Labute approximate surface area is 206 Å². The SMILES string of the molecule is O=C1c2ccccc2C(=O)N1CC[C@@H]1[C@H](O)C(O)O[C@@H]1CCc1ccc(-c2cc(F)cc(F)c2)cc1. The van der Waals surface area contributed by atoms with Gasteiger partial charge in [-0.1, -0.05) is 36.4 Å². The molecule has 0 spiro atoms. The molecule has 2 heterocycles. The van der Waals surface area contributed by atoms with Crippen molar-refractivity contribution in [2.24, 2.45) is 5.92 Å². The Kier molecular flexibility index (Phi) is 6.66. The predicted molar refractivity (Wildman–Crippen MR) is 127 cm³/mol. The average Bonchev–Trinajstić information content (AvgIpc) is 3.28. The molecule has 0 radical (unpaired) electrons. The second kappa shape index (κ2) is 9.89. The summed E-state index contributed by atoms with van der Waals surface area (Å²) < 4.78 is 32.6. The molecule has 3 aromatic carbocycles. The van der Waals surface area contributed by atoms with Crippen LogP contribution in [0.4, 0.5) is 8.78 Å². The third kappa shape index (κ3) is 4.67. The Morgan fingerprint density at radius 2 is 1.42 bits per heavy atom. The molecule has 36 heavy (non-hydrogen) atoms. The predicted octanol–water partition coefficient (Wildman–Crippen LogP) is 3.95. The molecule has 1 fully saturated rings. The summed E-state index contributed by atoms with van der Waals surface area (Å²) in [4.78, 5) is 26.4. The van der Waals surface area contributed by atoms with Crippen LogP contribution >= 0.6 is 0 Å². The van der Waals surface area contributed by atoms with Gasteiger partial charge in [-0.2, -0.15) is 0 Å². The molecule has 3 aromatic rings. The molecule has 2 aliphatic rings. The van der Waals surface area contributed by atoms with E-state index >= 15 is 0 Å². The van der Waals surface area contributed by atoms with E-state index in [-0.39, 0.29) is 18.4 Å². The number of nitrogens with zero attached hydrogens (tertiary/aromatic N) is 1. The summed E-state index contributed by atoms with van der Waals surface area (Å²) in [6.07, 6.45) is -1.58. The first-order valence-electron chi connectivity index (χ1n) is 11.8. The number of benzene rings is 3. The zero-order chi connectivity index (χ0) is 25.4. The summed E-state index contributed by atoms with van der Waals surface area (Å²) in [5.41, 5.74) is 2.81. The van der Waals surface area contributed by atoms with Crippen LogP contribution in [0.1, 0.15) is 39.1 Å². The summed E-state index contributed by atoms with van der Waals surface area (Å²) >= 11 is 0. The zero-order valence-corrected chi connectivity index (χ0v) is 19.3. The lowest BCUT2D eigenvalue weighted by atomic mass is 9.90. The molecule has 2 aliphatic heterocycles. The molecule has 6 nitrogen and oxygen atoms in total. The van der Waals surface area contributed by atoms with Crippen LogP contribution < -0.4 is 0 Å². The van der Waals surface area contributed by atoms with Crippen molar-refractivity contribution in [1.82, 2.24) is 4.90 Å². The van der Waals surface area contributed by atoms with E-state index in [1.165, 1.54) is 17.0 Å². The number of rotatable bonds is 7. The molecule has 2 N–H and O–H groups in total. The number of imide groups is 1. The molecule has 0 saturated carbocycles. The van der Waals surface area contributed by atoms with Gasteiger partial charge in [0.1, 0.15) is 17.7 Å². The van der Waals surface area contributed by atoms with Crippen molar-refractivity contribution in [2.45, 2.75) is 37.8 Å². The average molecular weight is 494 g/mol. The fourth-order valence-electron chi connectivity index (χ4n) is 5.04. The van der Waals surface area contributed by atoms with Crippen LogP contribution in [0.2, 0.25) is 0 Å². The number of ether oxygens (including phenoxy) is 1. The molecule has 0 aliphatic carbocycles. The van der Waals surface area contributed by atoms with Crippen molar-refractivity contribution in [2.75, 3.05) is 6.54 Å². The Bertz CT molecular complexity index is 1240. The maximum absolute atomic E-state index is 13.5. The Hall–Kier alpha value is -3.46. The molecule has 8 heteroatoms. The highest BCUT2D eigenvalue weighted by molar-refractivity contribution is 6.21. The first-order chi connectivity index (χ1) is 17.3. The number of hydrogen-bond acceptors (Lipinski definition) is 5. The first kappa shape index (κ1) is 24.2. The van der Waals surface area contributed by atoms with Gasteiger partial charge in [0.15, 0.2) is 6.29 Å². The number of fused-ring (bicyclic) bond motifs is 1. The van der Waals surface area contributed by atoms with Crippen LogP contribution in [0, 0.1) is 17.6 Å². The van der Waals surface area contributed by atoms with Crippen LogP contribution in [-0.4, -0.2) is 52.0 Å². The van der Waals surface area contributed by atoms with Crippen molar-refractivity contribution in [3.63, 3.8) is 0 Å². The standard InChI is InChI=1S/C28H25F2NO5/c29-19-13-18(14-20(30)15-19)17-8-5-16(6-9-17)7-10-24-23(25(32)28(35)36-24)11-12-31-26(33)21-3-1-2-4-22(21)27(31)34/h1-6,8-9,13-15,23-25,28,32,35H,7,10-12H2/t23-,24+,25-,28?/m0/s1. The van der Waals surface area contributed by atoms with Crippen LogP contribution in [0.5, 0.6) is 0 Å². The van der Waals surface area contributed by atoms with Crippen molar-refractivity contribution in [3.05, 3.63) is 95.1 Å². The number of aryl methyl sites for hydroxylation is 1. The summed E-state index contributed by atoms with van der Waals surface area (Å²) in [5, 5.41) is 20.6. The molecule has 186 valence electrons. The van der Waals surface area contributed by atoms with Gasteiger partial charge in [-0.05, 0) is 60.2 Å². The van der Waals surface area contributed by atoms with Gasteiger partial charge in [0.2, 0.25) is 0 Å². The lowest BCUT2D eigenvalue weighted by Crippen LogP contribution is -2.35. The second-order valence-electron chi connectivity index (χ2n) is 9.21. The van der Waals surface area contributed by atoms with Gasteiger partial charge in [-0.3, -0.25) is 14.5 Å². The summed E-state index contributed by atoms with van der Waals surface area (Å²) in [6.45, 7) is 0.111. The van der Waals surface area contributed by atoms with Gasteiger partial charge in [0.25, 0.3) is 11.8 Å². The van der Waals surface area contributed by atoms with Gasteiger partial charge in [0.05, 0.1) is 17.2 Å². The zero-order valence-electron chi connectivity index (χ0n) is 19.3. The number of aliphatic hydroxyl groups is 2. The molecule has 2 amide bonds. The van der Waals surface area contributed by atoms with Crippen LogP contribution in [0.3, 0.4) is 0 Å². The van der Waals surface area contributed by atoms with E-state index in [9.17, 15) is 28.6 Å². The second-order valence-corrected chi connectivity index (χ2v) is 9.21. The van der Waals surface area contributed by atoms with E-state index in [1.807, 2.05) is 12.1 Å². The number of carbonyl (C=O) groups is 2. The smallest absolute Gasteiger partial charge is 0.261 e. The quantitative estimate of drug-likeness (QED) is 0.487. The topological polar surface area (TPSA) is 87.1 Å². The largest absolute Gasteiger partial charge is 0.387 e. The number of halogens is 2. The molecule has 0 bridgehead atoms. The number of amides is 2. The highest BCUT2D eigenvalue weighted by Gasteiger charge is 2.43. The fourth-order valence-corrected chi connectivity index (χ4v) is 5.04. The van der Waals surface area contributed by atoms with Gasteiger partial charge < -0.3 is 14.9 Å². The van der Waals surface area contributed by atoms with Gasteiger partial charge in [0, 0.05) is 18.5 Å². The summed E-state index contributed by atoms with van der Waals surface area (Å²) in [7, 11) is 0. The van der Waals surface area contributed by atoms with Crippen molar-refractivity contribution in [3.8, 4) is 11.1 Å². The van der Waals surface area contributed by atoms with E-state index in [2.05, 4.69) is 0 Å². The molecular weight excluding hydrogens is 468 g/mol. The van der Waals surface area contributed by atoms with Gasteiger partial charge in [-0.25, -0.2) is 8.78 Å². The summed E-state index contributed by atoms with van der Waals surface area (Å²) in [6, 6.07) is 17.3. The minimum Gasteiger partial charge on any atom is -0.387 e. The lowest BCUT2D eigenvalue weighted by Gasteiger charge is -2.22. The molecule has 4 atom stereocenters. The van der Waals surface area contributed by atoms with E-state index < -0.39 is 36.1 Å². The third-order valence-corrected chi connectivity index (χ3v) is 6.95. The Balaban J connectivity index is 1.22. The fraction of sp³-hybridized carbons (Fsp3) is 0.286. The van der Waals surface area contributed by atoms with E-state index in [0.717, 1.165) is 11.6 Å². The van der Waals surface area contributed by atoms with Crippen LogP contribution in [-0.2, 0) is 11.2 Å². The molecule has 1 unspecified atom stereocenters. The van der Waals surface area contributed by atoms with Gasteiger partial charge >= 0.3 is 0 Å². The molecule has 0 aromatic heterocycles. The molecule has 5 rings (SSSR count). The highest BCUT2D eigenvalue weighted by Crippen LogP contribution is 2.33. The Morgan fingerprint density at radius 3 is 2.03 bits per heavy atom. The van der Waals surface area contributed by atoms with E-state index in [1.54, 1.807) is 36.4 Å². The Morgan fingerprint density at radius 1 is 0.806 bits per heavy atom. The first-order valence-corrected chi connectivity index (χ1v) is 11.8. The van der Waals surface area contributed by atoms with Crippen molar-refractivity contribution in [1.29, 1.82) is 0 Å².